The minimum absolute atomic E-state index is 0.00568. The summed E-state index contributed by atoms with van der Waals surface area (Å²) in [6.45, 7) is -0.127. The molecule has 0 radical (unpaired) electrons. The number of nitro groups is 1. The number of esters is 1. The van der Waals surface area contributed by atoms with Crippen molar-refractivity contribution in [3.8, 4) is 17.2 Å². The summed E-state index contributed by atoms with van der Waals surface area (Å²) in [6.07, 6.45) is 0.0517. The summed E-state index contributed by atoms with van der Waals surface area (Å²) >= 11 is 0. The van der Waals surface area contributed by atoms with Crippen LogP contribution in [0.4, 0.5) is 5.69 Å². The van der Waals surface area contributed by atoms with Gasteiger partial charge in [-0.1, -0.05) is 11.2 Å². The van der Waals surface area contributed by atoms with E-state index in [4.69, 9.17) is 9.47 Å². The zero-order chi connectivity index (χ0) is 21.0. The summed E-state index contributed by atoms with van der Waals surface area (Å²) in [5.74, 6) is 0.149. The number of ether oxygens (including phenoxy) is 3. The van der Waals surface area contributed by atoms with Crippen molar-refractivity contribution in [2.24, 2.45) is 5.18 Å². The first-order valence-electron chi connectivity index (χ1n) is 8.46. The third-order valence-corrected chi connectivity index (χ3v) is 4.24. The van der Waals surface area contributed by atoms with E-state index in [1.165, 1.54) is 26.4 Å². The average molecular weight is 399 g/mol. The fourth-order valence-electron chi connectivity index (χ4n) is 2.92. The van der Waals surface area contributed by atoms with Gasteiger partial charge in [-0.3, -0.25) is 14.9 Å². The number of aromatic nitrogens is 1. The number of carbonyl (C=O) groups excluding carboxylic acids is 1. The topological polar surface area (TPSA) is 133 Å². The van der Waals surface area contributed by atoms with Crippen LogP contribution in [0.5, 0.6) is 17.2 Å². The molecule has 0 saturated heterocycles. The van der Waals surface area contributed by atoms with Gasteiger partial charge in [-0.15, -0.1) is 0 Å². The molecule has 29 heavy (non-hydrogen) atoms. The Hall–Kier alpha value is -3.95. The Morgan fingerprint density at radius 3 is 2.55 bits per heavy atom. The molecule has 1 N–H and O–H groups in total. The molecule has 0 bridgehead atoms. The molecule has 0 aliphatic rings. The maximum absolute atomic E-state index is 11.7. The van der Waals surface area contributed by atoms with Crippen LogP contribution in [0.2, 0.25) is 0 Å². The van der Waals surface area contributed by atoms with Crippen LogP contribution in [-0.2, 0) is 22.5 Å². The molecule has 0 saturated carbocycles. The highest BCUT2D eigenvalue weighted by Crippen LogP contribution is 2.41. The van der Waals surface area contributed by atoms with Gasteiger partial charge in [0.05, 0.1) is 36.5 Å². The Morgan fingerprint density at radius 2 is 1.90 bits per heavy atom. The smallest absolute Gasteiger partial charge is 0.320 e. The molecule has 10 nitrogen and oxygen atoms in total. The summed E-state index contributed by atoms with van der Waals surface area (Å²) < 4.78 is 15.7. The van der Waals surface area contributed by atoms with E-state index in [0.717, 1.165) is 0 Å². The Kier molecular flexibility index (Phi) is 5.72. The number of hydrogen-bond acceptors (Lipinski definition) is 8. The first kappa shape index (κ1) is 19.8. The molecule has 1 heterocycles. The second-order valence-electron chi connectivity index (χ2n) is 6.05. The van der Waals surface area contributed by atoms with Crippen molar-refractivity contribution in [2.45, 2.75) is 13.0 Å². The number of aromatic amines is 1. The standard InChI is InChI=1S/C19H17N3O7/c1-27-17-7-11(8-18(23)28-2)3-5-15(17)29-16-6-4-14-13(19(16)22(25)26)9-12(21-14)10-20-24/h3-7,9,21H,8,10H2,1-2H3. The van der Waals surface area contributed by atoms with E-state index in [1.807, 2.05) is 0 Å². The van der Waals surface area contributed by atoms with Gasteiger partial charge >= 0.3 is 11.7 Å². The number of nitrogens with zero attached hydrogens (tertiary/aromatic N) is 2. The largest absolute Gasteiger partial charge is 0.493 e. The number of benzene rings is 2. The van der Waals surface area contributed by atoms with Gasteiger partial charge in [0.2, 0.25) is 5.75 Å². The maximum atomic E-state index is 11.7. The predicted molar refractivity (Wildman–Crippen MR) is 103 cm³/mol. The summed E-state index contributed by atoms with van der Waals surface area (Å²) in [4.78, 5) is 36.0. The van der Waals surface area contributed by atoms with E-state index >= 15 is 0 Å². The molecule has 0 fully saturated rings. The van der Waals surface area contributed by atoms with E-state index in [9.17, 15) is 19.8 Å². The fraction of sp³-hybridized carbons (Fsp3) is 0.211. The fourth-order valence-corrected chi connectivity index (χ4v) is 2.92. The Bertz CT molecular complexity index is 1090. The van der Waals surface area contributed by atoms with Crippen molar-refractivity contribution < 1.29 is 23.9 Å². The molecule has 2 aromatic carbocycles. The lowest BCUT2D eigenvalue weighted by atomic mass is 10.1. The van der Waals surface area contributed by atoms with Crippen LogP contribution in [-0.4, -0.2) is 30.1 Å². The number of H-pyrrole nitrogens is 1. The van der Waals surface area contributed by atoms with Gasteiger partial charge in [0, 0.05) is 5.69 Å². The SMILES string of the molecule is COC(=O)Cc1ccc(Oc2ccc3[nH]c(CN=O)cc3c2[N+](=O)[O-])c(OC)c1. The van der Waals surface area contributed by atoms with Crippen LogP contribution in [0.15, 0.2) is 41.6 Å². The van der Waals surface area contributed by atoms with Crippen molar-refractivity contribution >= 4 is 22.6 Å². The first-order valence-corrected chi connectivity index (χ1v) is 8.46. The molecule has 0 unspecified atom stereocenters. The molecule has 3 rings (SSSR count). The zero-order valence-electron chi connectivity index (χ0n) is 15.6. The van der Waals surface area contributed by atoms with Gasteiger partial charge in [-0.05, 0) is 35.9 Å². The van der Waals surface area contributed by atoms with Gasteiger partial charge in [0.1, 0.15) is 6.54 Å². The van der Waals surface area contributed by atoms with Crippen molar-refractivity contribution in [3.05, 3.63) is 62.7 Å². The summed E-state index contributed by atoms with van der Waals surface area (Å²) in [5, 5.41) is 14.8. The van der Waals surface area contributed by atoms with Gasteiger partial charge in [0.15, 0.2) is 11.5 Å². The quantitative estimate of drug-likeness (QED) is 0.263. The zero-order valence-corrected chi connectivity index (χ0v) is 15.6. The molecule has 0 aliphatic heterocycles. The predicted octanol–water partition coefficient (Wildman–Crippen LogP) is 3.86. The Labute approximate surface area is 164 Å². The normalized spacial score (nSPS) is 10.6. The molecule has 1 aromatic heterocycles. The second-order valence-corrected chi connectivity index (χ2v) is 6.05. The highest BCUT2D eigenvalue weighted by atomic mass is 16.6. The molecular weight excluding hydrogens is 382 g/mol. The highest BCUT2D eigenvalue weighted by Gasteiger charge is 2.23. The van der Waals surface area contributed by atoms with Crippen LogP contribution in [0.1, 0.15) is 11.3 Å². The van der Waals surface area contributed by atoms with Gasteiger partial charge in [-0.25, -0.2) is 0 Å². The van der Waals surface area contributed by atoms with Crippen molar-refractivity contribution in [1.29, 1.82) is 0 Å². The average Bonchev–Trinajstić information content (AvgIpc) is 3.11. The van der Waals surface area contributed by atoms with E-state index in [0.29, 0.717) is 27.9 Å². The van der Waals surface area contributed by atoms with Crippen LogP contribution in [0.25, 0.3) is 10.9 Å². The van der Waals surface area contributed by atoms with Crippen LogP contribution in [0.3, 0.4) is 0 Å². The minimum atomic E-state index is -0.554. The number of fused-ring (bicyclic) bond motifs is 1. The number of methoxy groups -OCH3 is 2. The first-order chi connectivity index (χ1) is 14.0. The van der Waals surface area contributed by atoms with Crippen molar-refractivity contribution in [2.75, 3.05) is 14.2 Å². The van der Waals surface area contributed by atoms with Crippen LogP contribution < -0.4 is 9.47 Å². The number of nitroso groups, excluding NO2 is 1. The molecule has 0 atom stereocenters. The Balaban J connectivity index is 2.00. The number of carbonyl (C=O) groups is 1. The number of nitrogens with one attached hydrogen (secondary N) is 1. The molecule has 0 aliphatic carbocycles. The van der Waals surface area contributed by atoms with Gasteiger partial charge in [0.25, 0.3) is 0 Å². The monoisotopic (exact) mass is 399 g/mol. The molecule has 10 heteroatoms. The van der Waals surface area contributed by atoms with E-state index in [2.05, 4.69) is 14.9 Å². The van der Waals surface area contributed by atoms with E-state index < -0.39 is 10.9 Å². The summed E-state index contributed by atoms with van der Waals surface area (Å²) in [5.41, 5.74) is 1.34. The van der Waals surface area contributed by atoms with Crippen LogP contribution in [0, 0.1) is 15.0 Å². The lowest BCUT2D eigenvalue weighted by molar-refractivity contribution is -0.383. The lowest BCUT2D eigenvalue weighted by Gasteiger charge is -2.12. The lowest BCUT2D eigenvalue weighted by Crippen LogP contribution is -2.04. The van der Waals surface area contributed by atoms with Crippen molar-refractivity contribution in [3.63, 3.8) is 0 Å². The molecular formula is C19H17N3O7. The molecule has 0 amide bonds. The summed E-state index contributed by atoms with van der Waals surface area (Å²) in [6, 6.07) is 9.37. The number of nitro benzene ring substituents is 1. The van der Waals surface area contributed by atoms with E-state index in [-0.39, 0.29) is 30.2 Å². The van der Waals surface area contributed by atoms with Gasteiger partial charge < -0.3 is 19.2 Å². The molecule has 0 spiro atoms. The van der Waals surface area contributed by atoms with E-state index in [1.54, 1.807) is 24.3 Å². The molecule has 150 valence electrons. The van der Waals surface area contributed by atoms with Crippen molar-refractivity contribution in [1.82, 2.24) is 4.98 Å². The highest BCUT2D eigenvalue weighted by molar-refractivity contribution is 5.92. The van der Waals surface area contributed by atoms with Crippen LogP contribution >= 0.6 is 0 Å². The number of hydrogen-bond donors (Lipinski definition) is 1. The van der Waals surface area contributed by atoms with Gasteiger partial charge in [-0.2, -0.15) is 4.91 Å². The summed E-state index contributed by atoms with van der Waals surface area (Å²) in [7, 11) is 2.72. The maximum Gasteiger partial charge on any atom is 0.320 e. The minimum Gasteiger partial charge on any atom is -0.493 e. The third-order valence-electron chi connectivity index (χ3n) is 4.24. The third kappa shape index (κ3) is 4.15. The molecule has 3 aromatic rings. The second kappa shape index (κ2) is 8.38. The Morgan fingerprint density at radius 1 is 1.14 bits per heavy atom. The number of rotatable bonds is 8.